The molecule has 150 valence electrons. The molecule has 7 heteroatoms. The van der Waals surface area contributed by atoms with Crippen LogP contribution in [0.3, 0.4) is 0 Å². The number of anilines is 1. The molecule has 0 aromatic carbocycles. The molecule has 0 unspecified atom stereocenters. The van der Waals surface area contributed by atoms with Gasteiger partial charge in [-0.15, -0.1) is 11.3 Å². The molecule has 3 heterocycles. The zero-order valence-corrected chi connectivity index (χ0v) is 17.3. The second kappa shape index (κ2) is 8.09. The minimum absolute atomic E-state index is 0.0733. The van der Waals surface area contributed by atoms with Crippen molar-refractivity contribution in [3.63, 3.8) is 0 Å². The zero-order valence-electron chi connectivity index (χ0n) is 16.4. The van der Waals surface area contributed by atoms with E-state index in [4.69, 9.17) is 4.74 Å². The van der Waals surface area contributed by atoms with Crippen molar-refractivity contribution in [1.82, 2.24) is 9.47 Å². The number of aryl methyl sites for hydroxylation is 1. The van der Waals surface area contributed by atoms with E-state index in [1.807, 2.05) is 24.7 Å². The second-order valence-corrected chi connectivity index (χ2v) is 8.49. The second-order valence-electron chi connectivity index (χ2n) is 7.61. The van der Waals surface area contributed by atoms with Gasteiger partial charge in [0, 0.05) is 18.9 Å². The van der Waals surface area contributed by atoms with E-state index < -0.39 is 0 Å². The molecule has 0 radical (unpaired) electrons. The fraction of sp³-hybridized carbons (Fsp3) is 0.524. The van der Waals surface area contributed by atoms with Crippen LogP contribution in [0.2, 0.25) is 0 Å². The van der Waals surface area contributed by atoms with Crippen molar-refractivity contribution in [1.29, 1.82) is 0 Å². The molecule has 1 amide bonds. The van der Waals surface area contributed by atoms with Gasteiger partial charge in [0.05, 0.1) is 24.8 Å². The molecule has 1 N–H and O–H groups in total. The van der Waals surface area contributed by atoms with E-state index in [1.54, 1.807) is 6.92 Å². The molecule has 6 nitrogen and oxygen atoms in total. The molecule has 1 atom stereocenters. The van der Waals surface area contributed by atoms with Crippen molar-refractivity contribution in [2.45, 2.75) is 44.6 Å². The van der Waals surface area contributed by atoms with Gasteiger partial charge < -0.3 is 14.6 Å². The average Bonchev–Trinajstić information content (AvgIpc) is 3.04. The number of esters is 1. The third-order valence-corrected chi connectivity index (χ3v) is 6.52. The maximum absolute atomic E-state index is 12.8. The maximum atomic E-state index is 12.8. The predicted molar refractivity (Wildman–Crippen MR) is 110 cm³/mol. The number of hydrogen-bond donors (Lipinski definition) is 1. The summed E-state index contributed by atoms with van der Waals surface area (Å²) < 4.78 is 7.37. The van der Waals surface area contributed by atoms with Crippen LogP contribution < -0.4 is 5.32 Å². The quantitative estimate of drug-likeness (QED) is 0.715. The first kappa shape index (κ1) is 19.2. The Hall–Kier alpha value is -2.12. The lowest BCUT2D eigenvalue weighted by Gasteiger charge is -2.24. The van der Waals surface area contributed by atoms with Gasteiger partial charge >= 0.3 is 5.97 Å². The Bertz CT molecular complexity index is 868. The standard InChI is InChI=1S/C21H27N3O3S/c1-3-27-21(26)19-15(14-8-9-14)13-28-20(19)22-18(25)12-24-11-5-7-17(24)16-6-4-10-23(16)2/h4,6,10,13-14,17H,3,5,7-9,11-12H2,1-2H3,(H,22,25)/t17-/m1/s1. The largest absolute Gasteiger partial charge is 0.462 e. The molecule has 2 fully saturated rings. The van der Waals surface area contributed by atoms with E-state index in [0.29, 0.717) is 29.6 Å². The minimum atomic E-state index is -0.330. The van der Waals surface area contributed by atoms with Gasteiger partial charge in [-0.2, -0.15) is 0 Å². The molecule has 0 bridgehead atoms. The number of carbonyl (C=O) groups excluding carboxylic acids is 2. The van der Waals surface area contributed by atoms with Crippen molar-refractivity contribution in [2.75, 3.05) is 25.0 Å². The van der Waals surface area contributed by atoms with Gasteiger partial charge in [0.2, 0.25) is 5.91 Å². The van der Waals surface area contributed by atoms with Crippen molar-refractivity contribution >= 4 is 28.2 Å². The van der Waals surface area contributed by atoms with E-state index >= 15 is 0 Å². The Morgan fingerprint density at radius 2 is 2.14 bits per heavy atom. The number of ether oxygens (including phenoxy) is 1. The van der Waals surface area contributed by atoms with Crippen LogP contribution in [-0.2, 0) is 16.6 Å². The third-order valence-electron chi connectivity index (χ3n) is 5.60. The van der Waals surface area contributed by atoms with Gasteiger partial charge in [-0.1, -0.05) is 0 Å². The van der Waals surface area contributed by atoms with E-state index in [2.05, 4.69) is 20.9 Å². The summed E-state index contributed by atoms with van der Waals surface area (Å²) in [5.41, 5.74) is 2.83. The molecule has 2 aliphatic rings. The number of nitrogens with zero attached hydrogens (tertiary/aromatic N) is 2. The summed E-state index contributed by atoms with van der Waals surface area (Å²) in [5, 5.41) is 5.62. The predicted octanol–water partition coefficient (Wildman–Crippen LogP) is 3.92. The van der Waals surface area contributed by atoms with Crippen LogP contribution in [-0.4, -0.2) is 41.0 Å². The van der Waals surface area contributed by atoms with Crippen molar-refractivity contribution in [3.05, 3.63) is 40.5 Å². The molecule has 0 spiro atoms. The van der Waals surface area contributed by atoms with Crippen LogP contribution in [0, 0.1) is 0 Å². The zero-order chi connectivity index (χ0) is 19.7. The van der Waals surface area contributed by atoms with Crippen LogP contribution >= 0.6 is 11.3 Å². The number of amides is 1. The summed E-state index contributed by atoms with van der Waals surface area (Å²) in [6, 6.07) is 4.43. The Balaban J connectivity index is 1.47. The molecule has 1 aliphatic heterocycles. The van der Waals surface area contributed by atoms with Crippen molar-refractivity contribution < 1.29 is 14.3 Å². The smallest absolute Gasteiger partial charge is 0.341 e. The molecule has 4 rings (SSSR count). The summed E-state index contributed by atoms with van der Waals surface area (Å²) in [6.45, 7) is 3.37. The van der Waals surface area contributed by atoms with Crippen molar-refractivity contribution in [3.8, 4) is 0 Å². The summed E-state index contributed by atoms with van der Waals surface area (Å²) in [6.07, 6.45) is 6.39. The first-order valence-electron chi connectivity index (χ1n) is 10.0. The Morgan fingerprint density at radius 3 is 2.82 bits per heavy atom. The van der Waals surface area contributed by atoms with Crippen LogP contribution in [0.5, 0.6) is 0 Å². The summed E-state index contributed by atoms with van der Waals surface area (Å²) in [4.78, 5) is 27.5. The summed E-state index contributed by atoms with van der Waals surface area (Å²) >= 11 is 1.43. The van der Waals surface area contributed by atoms with Crippen LogP contribution in [0.25, 0.3) is 0 Å². The highest BCUT2D eigenvalue weighted by atomic mass is 32.1. The first-order chi connectivity index (χ1) is 13.6. The number of nitrogens with one attached hydrogen (secondary N) is 1. The lowest BCUT2D eigenvalue weighted by atomic mass is 10.1. The summed E-state index contributed by atoms with van der Waals surface area (Å²) in [7, 11) is 2.04. The maximum Gasteiger partial charge on any atom is 0.341 e. The molecule has 1 saturated heterocycles. The monoisotopic (exact) mass is 401 g/mol. The molecule has 28 heavy (non-hydrogen) atoms. The fourth-order valence-electron chi connectivity index (χ4n) is 4.09. The van der Waals surface area contributed by atoms with E-state index in [-0.39, 0.29) is 17.9 Å². The first-order valence-corrected chi connectivity index (χ1v) is 10.9. The van der Waals surface area contributed by atoms with E-state index in [9.17, 15) is 9.59 Å². The number of hydrogen-bond acceptors (Lipinski definition) is 5. The summed E-state index contributed by atoms with van der Waals surface area (Å²) in [5.74, 6) is 0.0290. The van der Waals surface area contributed by atoms with Gasteiger partial charge in [0.15, 0.2) is 0 Å². The number of aromatic nitrogens is 1. The lowest BCUT2D eigenvalue weighted by molar-refractivity contribution is -0.117. The van der Waals surface area contributed by atoms with Gasteiger partial charge in [-0.25, -0.2) is 4.79 Å². The topological polar surface area (TPSA) is 63.6 Å². The van der Waals surface area contributed by atoms with Gasteiger partial charge in [0.25, 0.3) is 0 Å². The number of carbonyl (C=O) groups is 2. The fourth-order valence-corrected chi connectivity index (χ4v) is 5.14. The average molecular weight is 402 g/mol. The number of rotatable bonds is 7. The normalized spacial score (nSPS) is 19.7. The number of likely N-dealkylation sites (tertiary alicyclic amines) is 1. The lowest BCUT2D eigenvalue weighted by Crippen LogP contribution is -2.33. The van der Waals surface area contributed by atoms with Crippen LogP contribution in [0.15, 0.2) is 23.7 Å². The number of thiophene rings is 1. The highest BCUT2D eigenvalue weighted by Crippen LogP contribution is 2.46. The Morgan fingerprint density at radius 1 is 1.32 bits per heavy atom. The van der Waals surface area contributed by atoms with Crippen LogP contribution in [0.4, 0.5) is 5.00 Å². The minimum Gasteiger partial charge on any atom is -0.462 e. The molecule has 1 aliphatic carbocycles. The van der Waals surface area contributed by atoms with Gasteiger partial charge in [-0.3, -0.25) is 9.69 Å². The molecule has 2 aromatic rings. The molecular weight excluding hydrogens is 374 g/mol. The highest BCUT2D eigenvalue weighted by Gasteiger charge is 2.33. The van der Waals surface area contributed by atoms with Gasteiger partial charge in [-0.05, 0) is 68.1 Å². The Labute approximate surface area is 169 Å². The highest BCUT2D eigenvalue weighted by molar-refractivity contribution is 7.15. The molecule has 1 saturated carbocycles. The molecular formula is C21H27N3O3S. The molecule has 2 aromatic heterocycles. The van der Waals surface area contributed by atoms with Crippen molar-refractivity contribution in [2.24, 2.45) is 7.05 Å². The Kier molecular flexibility index (Phi) is 5.55. The van der Waals surface area contributed by atoms with Gasteiger partial charge in [0.1, 0.15) is 5.00 Å². The SMILES string of the molecule is CCOC(=O)c1c(C2CC2)csc1NC(=O)CN1CCC[C@@H]1c1cccn1C. The van der Waals surface area contributed by atoms with E-state index in [1.165, 1.54) is 17.0 Å². The van der Waals surface area contributed by atoms with Crippen LogP contribution in [0.1, 0.15) is 66.2 Å². The van der Waals surface area contributed by atoms with E-state index in [0.717, 1.165) is 37.8 Å². The third kappa shape index (κ3) is 3.86.